The van der Waals surface area contributed by atoms with Crippen LogP contribution >= 0.6 is 0 Å². The summed E-state index contributed by atoms with van der Waals surface area (Å²) in [7, 11) is 0. The second kappa shape index (κ2) is 8.33. The van der Waals surface area contributed by atoms with Gasteiger partial charge in [0.05, 0.1) is 24.6 Å². The molecule has 0 fully saturated rings. The van der Waals surface area contributed by atoms with Crippen LogP contribution in [-0.2, 0) is 6.42 Å². The summed E-state index contributed by atoms with van der Waals surface area (Å²) in [5.41, 5.74) is 3.13. The van der Waals surface area contributed by atoms with Gasteiger partial charge in [0.1, 0.15) is 0 Å². The van der Waals surface area contributed by atoms with E-state index in [1.807, 2.05) is 0 Å². The number of ether oxygens (including phenoxy) is 1. The lowest BCUT2D eigenvalue weighted by Gasteiger charge is -2.05. The molecule has 3 rings (SSSR count). The summed E-state index contributed by atoms with van der Waals surface area (Å²) < 4.78 is 5.49. The van der Waals surface area contributed by atoms with Crippen molar-refractivity contribution in [1.29, 1.82) is 0 Å². The molecule has 0 aliphatic carbocycles. The van der Waals surface area contributed by atoms with Gasteiger partial charge >= 0.3 is 0 Å². The zero-order valence-electron chi connectivity index (χ0n) is 14.6. The quantitative estimate of drug-likeness (QED) is 0.643. The van der Waals surface area contributed by atoms with Gasteiger partial charge in [-0.15, -0.1) is 0 Å². The molecule has 0 N–H and O–H groups in total. The van der Waals surface area contributed by atoms with E-state index in [0.29, 0.717) is 24.0 Å². The third-order valence-electron chi connectivity index (χ3n) is 3.76. The first-order chi connectivity index (χ1) is 12.3. The molecule has 0 aliphatic heterocycles. The number of aryl methyl sites for hydroxylation is 1. The Labute approximate surface area is 148 Å². The van der Waals surface area contributed by atoms with Crippen molar-refractivity contribution in [2.75, 3.05) is 6.61 Å². The SMILES string of the molecule is CCCOc1cnc(-c2cnc(-c3ccc(CCC)cc3)nc2)nc1. The van der Waals surface area contributed by atoms with Gasteiger partial charge in [-0.2, -0.15) is 0 Å². The summed E-state index contributed by atoms with van der Waals surface area (Å²) in [5, 5.41) is 0. The largest absolute Gasteiger partial charge is 0.490 e. The van der Waals surface area contributed by atoms with E-state index in [0.717, 1.165) is 30.4 Å². The first kappa shape index (κ1) is 17.0. The summed E-state index contributed by atoms with van der Waals surface area (Å²) in [5.74, 6) is 1.97. The summed E-state index contributed by atoms with van der Waals surface area (Å²) in [4.78, 5) is 17.5. The van der Waals surface area contributed by atoms with Crippen molar-refractivity contribution in [3.05, 3.63) is 54.6 Å². The lowest BCUT2D eigenvalue weighted by atomic mass is 10.1. The maximum absolute atomic E-state index is 5.49. The summed E-state index contributed by atoms with van der Waals surface area (Å²) in [6.07, 6.45) is 10.1. The second-order valence-corrected chi connectivity index (χ2v) is 5.83. The molecule has 0 saturated carbocycles. The van der Waals surface area contributed by atoms with Crippen LogP contribution in [0.5, 0.6) is 5.75 Å². The van der Waals surface area contributed by atoms with E-state index in [-0.39, 0.29) is 0 Å². The molecule has 0 atom stereocenters. The normalized spacial score (nSPS) is 10.6. The van der Waals surface area contributed by atoms with Crippen LogP contribution in [0.15, 0.2) is 49.1 Å². The minimum absolute atomic E-state index is 0.591. The van der Waals surface area contributed by atoms with Crippen LogP contribution in [0.4, 0.5) is 0 Å². The predicted octanol–water partition coefficient (Wildman–Crippen LogP) is 4.34. The zero-order chi connectivity index (χ0) is 17.5. The van der Waals surface area contributed by atoms with E-state index >= 15 is 0 Å². The highest BCUT2D eigenvalue weighted by atomic mass is 16.5. The molecule has 1 aromatic carbocycles. The van der Waals surface area contributed by atoms with Crippen molar-refractivity contribution in [2.24, 2.45) is 0 Å². The van der Waals surface area contributed by atoms with Crippen LogP contribution in [-0.4, -0.2) is 26.5 Å². The van der Waals surface area contributed by atoms with E-state index in [1.165, 1.54) is 5.56 Å². The van der Waals surface area contributed by atoms with Crippen molar-refractivity contribution in [3.63, 3.8) is 0 Å². The van der Waals surface area contributed by atoms with Crippen LogP contribution in [0.1, 0.15) is 32.3 Å². The molecule has 0 saturated heterocycles. The lowest BCUT2D eigenvalue weighted by Crippen LogP contribution is -1.98. The Morgan fingerprint density at radius 2 is 1.32 bits per heavy atom. The van der Waals surface area contributed by atoms with Gasteiger partial charge in [-0.3, -0.25) is 0 Å². The van der Waals surface area contributed by atoms with Crippen LogP contribution in [0.25, 0.3) is 22.8 Å². The molecule has 25 heavy (non-hydrogen) atoms. The minimum atomic E-state index is 0.591. The van der Waals surface area contributed by atoms with Crippen molar-refractivity contribution in [1.82, 2.24) is 19.9 Å². The number of hydrogen-bond acceptors (Lipinski definition) is 5. The summed E-state index contributed by atoms with van der Waals surface area (Å²) >= 11 is 0. The Morgan fingerprint density at radius 1 is 0.720 bits per heavy atom. The Bertz CT molecular complexity index is 783. The van der Waals surface area contributed by atoms with Gasteiger partial charge in [0, 0.05) is 18.0 Å². The molecule has 5 heteroatoms. The van der Waals surface area contributed by atoms with Gasteiger partial charge in [-0.25, -0.2) is 19.9 Å². The fourth-order valence-electron chi connectivity index (χ4n) is 2.46. The van der Waals surface area contributed by atoms with E-state index in [2.05, 4.69) is 58.0 Å². The molecule has 0 amide bonds. The van der Waals surface area contributed by atoms with Crippen molar-refractivity contribution in [2.45, 2.75) is 33.1 Å². The highest BCUT2D eigenvalue weighted by Gasteiger charge is 2.06. The maximum Gasteiger partial charge on any atom is 0.162 e. The molecule has 0 radical (unpaired) electrons. The standard InChI is InChI=1S/C20H22N4O/c1-3-5-15-6-8-16(9-7-15)19-21-11-17(12-22-19)20-23-13-18(14-24-20)25-10-4-2/h6-9,11-14H,3-5,10H2,1-2H3. The van der Waals surface area contributed by atoms with Crippen LogP contribution in [0.3, 0.4) is 0 Å². The molecule has 0 spiro atoms. The number of aromatic nitrogens is 4. The van der Waals surface area contributed by atoms with Gasteiger partial charge in [-0.05, 0) is 18.4 Å². The Kier molecular flexibility index (Phi) is 5.67. The van der Waals surface area contributed by atoms with E-state index in [1.54, 1.807) is 24.8 Å². The first-order valence-corrected chi connectivity index (χ1v) is 8.66. The third-order valence-corrected chi connectivity index (χ3v) is 3.76. The highest BCUT2D eigenvalue weighted by Crippen LogP contribution is 2.19. The third kappa shape index (κ3) is 4.38. The van der Waals surface area contributed by atoms with E-state index < -0.39 is 0 Å². The molecular formula is C20H22N4O. The molecular weight excluding hydrogens is 312 g/mol. The van der Waals surface area contributed by atoms with Gasteiger partial charge in [0.2, 0.25) is 0 Å². The Morgan fingerprint density at radius 3 is 1.92 bits per heavy atom. The van der Waals surface area contributed by atoms with Gasteiger partial charge in [0.15, 0.2) is 17.4 Å². The predicted molar refractivity (Wildman–Crippen MR) is 98.3 cm³/mol. The van der Waals surface area contributed by atoms with Crippen LogP contribution in [0.2, 0.25) is 0 Å². The van der Waals surface area contributed by atoms with Gasteiger partial charge < -0.3 is 4.74 Å². The highest BCUT2D eigenvalue weighted by molar-refractivity contribution is 5.58. The Hall–Kier alpha value is -2.82. The second-order valence-electron chi connectivity index (χ2n) is 5.83. The molecule has 128 valence electrons. The average molecular weight is 334 g/mol. The fraction of sp³-hybridized carbons (Fsp3) is 0.300. The van der Waals surface area contributed by atoms with Crippen molar-refractivity contribution < 1.29 is 4.74 Å². The van der Waals surface area contributed by atoms with Gasteiger partial charge in [-0.1, -0.05) is 44.5 Å². The van der Waals surface area contributed by atoms with Crippen LogP contribution < -0.4 is 4.74 Å². The minimum Gasteiger partial charge on any atom is -0.490 e. The monoisotopic (exact) mass is 334 g/mol. The fourth-order valence-corrected chi connectivity index (χ4v) is 2.46. The average Bonchev–Trinajstić information content (AvgIpc) is 2.68. The first-order valence-electron chi connectivity index (χ1n) is 8.66. The maximum atomic E-state index is 5.49. The molecule has 3 aromatic rings. The smallest absolute Gasteiger partial charge is 0.162 e. The van der Waals surface area contributed by atoms with Crippen molar-refractivity contribution >= 4 is 0 Å². The zero-order valence-corrected chi connectivity index (χ0v) is 14.6. The molecule has 2 heterocycles. The molecule has 0 bridgehead atoms. The molecule has 2 aromatic heterocycles. The molecule has 0 unspecified atom stereocenters. The number of hydrogen-bond donors (Lipinski definition) is 0. The Balaban J connectivity index is 1.73. The topological polar surface area (TPSA) is 60.8 Å². The van der Waals surface area contributed by atoms with Gasteiger partial charge in [0.25, 0.3) is 0 Å². The molecule has 5 nitrogen and oxygen atoms in total. The number of benzene rings is 1. The lowest BCUT2D eigenvalue weighted by molar-refractivity contribution is 0.315. The van der Waals surface area contributed by atoms with E-state index in [9.17, 15) is 0 Å². The summed E-state index contributed by atoms with van der Waals surface area (Å²) in [6, 6.07) is 8.40. The number of nitrogens with zero attached hydrogens (tertiary/aromatic N) is 4. The van der Waals surface area contributed by atoms with Crippen LogP contribution in [0, 0.1) is 0 Å². The van der Waals surface area contributed by atoms with E-state index in [4.69, 9.17) is 4.74 Å². The molecule has 0 aliphatic rings. The number of rotatable bonds is 7. The van der Waals surface area contributed by atoms with Crippen molar-refractivity contribution in [3.8, 4) is 28.5 Å². The summed E-state index contributed by atoms with van der Waals surface area (Å²) in [6.45, 7) is 4.91.